The van der Waals surface area contributed by atoms with Crippen molar-refractivity contribution < 1.29 is 9.47 Å². The lowest BCUT2D eigenvalue weighted by atomic mass is 10.1. The maximum Gasteiger partial charge on any atom is 0.504 e. The Balaban J connectivity index is 2.96. The van der Waals surface area contributed by atoms with Crippen LogP contribution in [0.3, 0.4) is 0 Å². The van der Waals surface area contributed by atoms with E-state index in [4.69, 9.17) is 18.5 Å². The van der Waals surface area contributed by atoms with Gasteiger partial charge in [0.25, 0.3) is 0 Å². The topological polar surface area (TPSA) is 18.5 Å². The summed E-state index contributed by atoms with van der Waals surface area (Å²) >= 11 is -0.339. The maximum absolute atomic E-state index is 5.88. The van der Waals surface area contributed by atoms with Crippen molar-refractivity contribution in [3.8, 4) is 0 Å². The van der Waals surface area contributed by atoms with Crippen LogP contribution in [0.25, 0.3) is 0 Å². The fourth-order valence-electron chi connectivity index (χ4n) is 2.13. The molecule has 1 unspecified atom stereocenters. The monoisotopic (exact) mass is 316 g/mol. The smallest absolute Gasteiger partial charge is 0.355 e. The third-order valence-electron chi connectivity index (χ3n) is 3.56. The van der Waals surface area contributed by atoms with Crippen LogP contribution >= 0.6 is 9.07 Å². The highest BCUT2D eigenvalue weighted by atomic mass is 35.5. The van der Waals surface area contributed by atoms with Crippen molar-refractivity contribution in [3.63, 3.8) is 0 Å². The quantitative estimate of drug-likeness (QED) is 0.211. The highest BCUT2D eigenvalue weighted by Gasteiger charge is 2.03. The minimum atomic E-state index is -0.339. The lowest BCUT2D eigenvalue weighted by molar-refractivity contribution is -0.0555. The molecule has 20 heavy (non-hydrogen) atoms. The van der Waals surface area contributed by atoms with Crippen LogP contribution in [0, 0.1) is 0 Å². The second-order valence-corrected chi connectivity index (χ2v) is 8.44. The Bertz CT molecular complexity index is 182. The van der Waals surface area contributed by atoms with Crippen LogP contribution in [0.2, 0.25) is 4.05 Å². The molecule has 1 atom stereocenters. The van der Waals surface area contributed by atoms with Gasteiger partial charge in [-0.3, -0.25) is 0 Å². The summed E-state index contributed by atoms with van der Waals surface area (Å²) in [6.07, 6.45) is 13.1. The van der Waals surface area contributed by atoms with Crippen LogP contribution in [0.4, 0.5) is 0 Å². The van der Waals surface area contributed by atoms with Crippen molar-refractivity contribution in [2.45, 2.75) is 82.1 Å². The molecule has 4 heteroatoms. The average Bonchev–Trinajstić information content (AvgIpc) is 2.47. The molecule has 0 heterocycles. The van der Waals surface area contributed by atoms with Crippen LogP contribution in [0.1, 0.15) is 78.1 Å². The number of hydrogen-bond donors (Lipinski definition) is 0. The minimum Gasteiger partial charge on any atom is -0.355 e. The van der Waals surface area contributed by atoms with E-state index in [9.17, 15) is 0 Å². The Labute approximate surface area is 139 Å². The molecule has 2 nitrogen and oxygen atoms in total. The molecular formula is C16H33ClMgO2. The van der Waals surface area contributed by atoms with Crippen LogP contribution in [-0.2, 0) is 9.47 Å². The van der Waals surface area contributed by atoms with Gasteiger partial charge in [0.2, 0.25) is 0 Å². The molecule has 0 aliphatic rings. The van der Waals surface area contributed by atoms with E-state index in [1.54, 1.807) is 0 Å². The molecule has 0 bridgehead atoms. The van der Waals surface area contributed by atoms with Gasteiger partial charge in [0.15, 0.2) is 0 Å². The summed E-state index contributed by atoms with van der Waals surface area (Å²) in [6, 6.07) is 0. The number of rotatable bonds is 16. The number of ether oxygens (including phenoxy) is 2. The van der Waals surface area contributed by atoms with Crippen molar-refractivity contribution in [2.24, 2.45) is 0 Å². The van der Waals surface area contributed by atoms with Crippen LogP contribution in [-0.4, -0.2) is 39.3 Å². The van der Waals surface area contributed by atoms with Gasteiger partial charge in [0, 0.05) is 13.2 Å². The van der Waals surface area contributed by atoms with Gasteiger partial charge < -0.3 is 18.5 Å². The average molecular weight is 317 g/mol. The van der Waals surface area contributed by atoms with E-state index in [1.807, 2.05) is 0 Å². The summed E-state index contributed by atoms with van der Waals surface area (Å²) in [5.41, 5.74) is 0. The first kappa shape index (κ1) is 21.0. The minimum absolute atomic E-state index is 0.339. The van der Waals surface area contributed by atoms with Gasteiger partial charge in [-0.15, -0.1) is 4.05 Å². The molecule has 0 saturated carbocycles. The summed E-state index contributed by atoms with van der Waals surface area (Å²) in [7, 11) is 5.88. The first-order valence-corrected chi connectivity index (χ1v) is 11.5. The zero-order valence-electron chi connectivity index (χ0n) is 13.7. The van der Waals surface area contributed by atoms with Crippen molar-refractivity contribution >= 4 is 28.3 Å². The normalized spacial score (nSPS) is 12.3. The van der Waals surface area contributed by atoms with Gasteiger partial charge in [-0.1, -0.05) is 65.2 Å². The zero-order valence-corrected chi connectivity index (χ0v) is 15.8. The van der Waals surface area contributed by atoms with Gasteiger partial charge in [-0.25, -0.2) is 0 Å². The van der Waals surface area contributed by atoms with E-state index in [1.165, 1.54) is 57.8 Å². The molecule has 0 aromatic carbocycles. The molecule has 0 saturated heterocycles. The van der Waals surface area contributed by atoms with E-state index in [-0.39, 0.29) is 19.3 Å². The summed E-state index contributed by atoms with van der Waals surface area (Å²) in [4.78, 5) is 0. The van der Waals surface area contributed by atoms with Crippen LogP contribution in [0.15, 0.2) is 0 Å². The van der Waals surface area contributed by atoms with E-state index in [2.05, 4.69) is 13.8 Å². The van der Waals surface area contributed by atoms with E-state index in [0.29, 0.717) is 6.79 Å². The van der Waals surface area contributed by atoms with Gasteiger partial charge in [0.05, 0.1) is 0 Å². The number of halogens is 1. The molecule has 0 aromatic heterocycles. The lowest BCUT2D eigenvalue weighted by Gasteiger charge is -2.08. The first-order chi connectivity index (χ1) is 9.81. The molecule has 0 fully saturated rings. The number of hydrogen-bond acceptors (Lipinski definition) is 2. The summed E-state index contributed by atoms with van der Waals surface area (Å²) in [6.45, 7) is 6.62. The third-order valence-corrected chi connectivity index (χ3v) is 6.07. The van der Waals surface area contributed by atoms with E-state index in [0.717, 1.165) is 23.7 Å². The molecule has 0 aliphatic heterocycles. The second-order valence-electron chi connectivity index (χ2n) is 5.81. The molecule has 0 aromatic rings. The molecule has 0 radical (unpaired) electrons. The Morgan fingerprint density at radius 2 is 1.40 bits per heavy atom. The highest BCUT2D eigenvalue weighted by molar-refractivity contribution is 6.94. The molecule has 0 aliphatic carbocycles. The molecule has 0 amide bonds. The van der Waals surface area contributed by atoms with Crippen molar-refractivity contribution in [1.29, 1.82) is 0 Å². The standard InChI is InChI=1S/C16H33O2.ClH.Mg/c1-3-5-7-8-9-10-11-13-15-18-16-17-14-12-6-4-2;;/h4H,3,5-16H2,1-2H3;1H;/q;;+1/p-1. The van der Waals surface area contributed by atoms with Gasteiger partial charge in [-0.2, -0.15) is 0 Å². The summed E-state index contributed by atoms with van der Waals surface area (Å²) < 4.78 is 11.7. The van der Waals surface area contributed by atoms with E-state index >= 15 is 0 Å². The third kappa shape index (κ3) is 17.0. The first-order valence-electron chi connectivity index (χ1n) is 8.52. The Kier molecular flexibility index (Phi) is 18.9. The van der Waals surface area contributed by atoms with Crippen molar-refractivity contribution in [1.82, 2.24) is 0 Å². The van der Waals surface area contributed by atoms with Crippen LogP contribution in [0.5, 0.6) is 0 Å². The van der Waals surface area contributed by atoms with Crippen molar-refractivity contribution in [2.75, 3.05) is 20.0 Å². The van der Waals surface area contributed by atoms with Gasteiger partial charge in [-0.05, 0) is 12.8 Å². The fourth-order valence-corrected chi connectivity index (χ4v) is 3.03. The Morgan fingerprint density at radius 3 is 2.00 bits per heavy atom. The van der Waals surface area contributed by atoms with E-state index < -0.39 is 0 Å². The fraction of sp³-hybridized carbons (Fsp3) is 1.00. The predicted molar refractivity (Wildman–Crippen MR) is 89.6 cm³/mol. The molecule has 118 valence electrons. The number of unbranched alkanes of at least 4 members (excludes halogenated alkanes) is 7. The Hall–Kier alpha value is 0.976. The SMILES string of the molecule is CCCCCCCCCCOCOCCC[CH](C)[Mg][Cl]. The second kappa shape index (κ2) is 18.0. The lowest BCUT2D eigenvalue weighted by Crippen LogP contribution is -2.04. The molecule has 0 rings (SSSR count). The largest absolute Gasteiger partial charge is 0.504 e. The van der Waals surface area contributed by atoms with Crippen molar-refractivity contribution in [3.05, 3.63) is 0 Å². The highest BCUT2D eigenvalue weighted by Crippen LogP contribution is 2.11. The maximum atomic E-state index is 5.88. The summed E-state index contributed by atoms with van der Waals surface area (Å²) in [5, 5.41) is 0. The van der Waals surface area contributed by atoms with Crippen LogP contribution < -0.4 is 0 Å². The summed E-state index contributed by atoms with van der Waals surface area (Å²) in [5.74, 6) is 0. The van der Waals surface area contributed by atoms with Gasteiger partial charge in [0.1, 0.15) is 6.79 Å². The zero-order chi connectivity index (χ0) is 14.9. The Morgan fingerprint density at radius 1 is 0.850 bits per heavy atom. The molecule has 0 N–H and O–H groups in total. The molecular weight excluding hydrogens is 284 g/mol. The predicted octanol–water partition coefficient (Wildman–Crippen LogP) is 5.56. The molecule has 0 spiro atoms. The van der Waals surface area contributed by atoms with Gasteiger partial charge >= 0.3 is 19.3 Å².